The molecule has 2 rings (SSSR count). The van der Waals surface area contributed by atoms with E-state index in [0.717, 1.165) is 4.90 Å². The maximum Gasteiger partial charge on any atom is 0.328 e. The first-order valence-corrected chi connectivity index (χ1v) is 9.70. The number of hydrogen-bond acceptors (Lipinski definition) is 6. The molecule has 0 radical (unpaired) electrons. The Morgan fingerprint density at radius 2 is 2.00 bits per heavy atom. The van der Waals surface area contributed by atoms with Crippen LogP contribution in [0.25, 0.3) is 0 Å². The predicted molar refractivity (Wildman–Crippen MR) is 93.6 cm³/mol. The molecule has 26 heavy (non-hydrogen) atoms. The predicted octanol–water partition coefficient (Wildman–Crippen LogP) is 0.528. The molecule has 0 aliphatic carbocycles. The van der Waals surface area contributed by atoms with Gasteiger partial charge in [0.1, 0.15) is 11.5 Å². The number of carbonyl (C=O) groups excluding carboxylic acids is 1. The smallest absolute Gasteiger partial charge is 0.328 e. The van der Waals surface area contributed by atoms with Gasteiger partial charge in [-0.25, -0.2) is 13.2 Å². The van der Waals surface area contributed by atoms with Gasteiger partial charge in [0, 0.05) is 12.2 Å². The Morgan fingerprint density at radius 3 is 2.58 bits per heavy atom. The fraction of sp³-hybridized carbons (Fsp3) is 0.500. The van der Waals surface area contributed by atoms with E-state index in [1.54, 1.807) is 12.1 Å². The maximum atomic E-state index is 12.3. The largest absolute Gasteiger partial charge is 0.491 e. The lowest BCUT2D eigenvalue weighted by Crippen LogP contribution is -2.54. The van der Waals surface area contributed by atoms with Crippen molar-refractivity contribution in [3.05, 3.63) is 24.3 Å². The average Bonchev–Trinajstić information content (AvgIpc) is 2.55. The third-order valence-corrected chi connectivity index (χ3v) is 4.72. The Morgan fingerprint density at radius 1 is 1.35 bits per heavy atom. The highest BCUT2D eigenvalue weighted by atomic mass is 32.2. The highest BCUT2D eigenvalue weighted by Gasteiger charge is 2.34. The summed E-state index contributed by atoms with van der Waals surface area (Å²) in [6.07, 6.45) is -0.00846. The van der Waals surface area contributed by atoms with E-state index in [1.165, 1.54) is 12.1 Å². The second-order valence-electron chi connectivity index (χ2n) is 6.07. The average molecular weight is 386 g/mol. The van der Waals surface area contributed by atoms with Crippen LogP contribution in [-0.4, -0.2) is 68.0 Å². The molecule has 0 aromatic heterocycles. The number of hydrogen-bond donors (Lipinski definition) is 2. The molecule has 1 aliphatic heterocycles. The molecule has 1 heterocycles. The van der Waals surface area contributed by atoms with Crippen molar-refractivity contribution in [3.8, 4) is 5.75 Å². The van der Waals surface area contributed by atoms with Crippen molar-refractivity contribution in [2.75, 3.05) is 30.2 Å². The van der Waals surface area contributed by atoms with Crippen molar-refractivity contribution in [1.82, 2.24) is 4.90 Å². The van der Waals surface area contributed by atoms with E-state index in [4.69, 9.17) is 14.6 Å². The molecule has 1 unspecified atom stereocenters. The summed E-state index contributed by atoms with van der Waals surface area (Å²) in [6, 6.07) is 5.09. The van der Waals surface area contributed by atoms with Crippen LogP contribution in [0.4, 0.5) is 5.69 Å². The van der Waals surface area contributed by atoms with Crippen molar-refractivity contribution in [2.45, 2.75) is 26.0 Å². The number of carboxylic acids is 1. The van der Waals surface area contributed by atoms with Crippen LogP contribution in [0, 0.1) is 0 Å². The number of amides is 1. The SMILES string of the molecule is CC(C)Oc1ccc(NS(=O)(=O)CC(=O)N2CCOCC2C(=O)O)cc1. The number of aliphatic carboxylic acids is 1. The Bertz CT molecular complexity index is 746. The monoisotopic (exact) mass is 386 g/mol. The topological polar surface area (TPSA) is 122 Å². The van der Waals surface area contributed by atoms with E-state index in [2.05, 4.69) is 4.72 Å². The summed E-state index contributed by atoms with van der Waals surface area (Å²) >= 11 is 0. The molecule has 1 fully saturated rings. The van der Waals surface area contributed by atoms with Crippen LogP contribution in [-0.2, 0) is 24.3 Å². The Balaban J connectivity index is 2.01. The lowest BCUT2D eigenvalue weighted by Gasteiger charge is -2.32. The third-order valence-electron chi connectivity index (χ3n) is 3.55. The summed E-state index contributed by atoms with van der Waals surface area (Å²) in [5.74, 6) is -2.27. The second kappa shape index (κ2) is 8.37. The molecule has 2 N–H and O–H groups in total. The molecule has 1 saturated heterocycles. The number of rotatable bonds is 7. The molecule has 0 spiro atoms. The van der Waals surface area contributed by atoms with Gasteiger partial charge in [0.2, 0.25) is 15.9 Å². The van der Waals surface area contributed by atoms with Crippen LogP contribution >= 0.6 is 0 Å². The van der Waals surface area contributed by atoms with Gasteiger partial charge in [-0.1, -0.05) is 0 Å². The van der Waals surface area contributed by atoms with Gasteiger partial charge in [0.05, 0.1) is 19.3 Å². The minimum Gasteiger partial charge on any atom is -0.491 e. The lowest BCUT2D eigenvalue weighted by atomic mass is 10.2. The summed E-state index contributed by atoms with van der Waals surface area (Å²) < 4.78 is 37.3. The normalized spacial score (nSPS) is 17.8. The van der Waals surface area contributed by atoms with E-state index < -0.39 is 33.7 Å². The minimum atomic E-state index is -3.98. The van der Waals surface area contributed by atoms with Gasteiger partial charge in [-0.2, -0.15) is 0 Å². The van der Waals surface area contributed by atoms with Gasteiger partial charge in [0.15, 0.2) is 6.04 Å². The maximum absolute atomic E-state index is 12.3. The Labute approximate surface area is 151 Å². The zero-order valence-electron chi connectivity index (χ0n) is 14.5. The molecule has 9 nitrogen and oxygen atoms in total. The molecule has 1 aromatic rings. The van der Waals surface area contributed by atoms with Crippen LogP contribution in [0.3, 0.4) is 0 Å². The molecule has 1 atom stereocenters. The number of benzene rings is 1. The molecule has 0 bridgehead atoms. The van der Waals surface area contributed by atoms with Gasteiger partial charge in [-0.05, 0) is 38.1 Å². The number of nitrogens with one attached hydrogen (secondary N) is 1. The van der Waals surface area contributed by atoms with Gasteiger partial charge < -0.3 is 19.5 Å². The molecule has 0 saturated carbocycles. The lowest BCUT2D eigenvalue weighted by molar-refractivity contribution is -0.157. The fourth-order valence-electron chi connectivity index (χ4n) is 2.44. The molecular weight excluding hydrogens is 364 g/mol. The van der Waals surface area contributed by atoms with E-state index >= 15 is 0 Å². The van der Waals surface area contributed by atoms with Crippen molar-refractivity contribution in [2.24, 2.45) is 0 Å². The number of carboxylic acid groups (broad SMARTS) is 1. The van der Waals surface area contributed by atoms with Crippen LogP contribution in [0.5, 0.6) is 5.75 Å². The van der Waals surface area contributed by atoms with E-state index in [-0.39, 0.29) is 31.5 Å². The molecule has 144 valence electrons. The van der Waals surface area contributed by atoms with Crippen molar-refractivity contribution in [1.29, 1.82) is 0 Å². The highest BCUT2D eigenvalue weighted by molar-refractivity contribution is 7.93. The number of nitrogens with zero attached hydrogens (tertiary/aromatic N) is 1. The van der Waals surface area contributed by atoms with Gasteiger partial charge in [-0.3, -0.25) is 9.52 Å². The standard InChI is InChI=1S/C16H22N2O7S/c1-11(2)25-13-5-3-12(4-6-13)17-26(22,23)10-15(19)18-7-8-24-9-14(18)16(20)21/h3-6,11,14,17H,7-10H2,1-2H3,(H,20,21). The first-order chi connectivity index (χ1) is 12.2. The van der Waals surface area contributed by atoms with Crippen LogP contribution in [0.2, 0.25) is 0 Å². The summed E-state index contributed by atoms with van der Waals surface area (Å²) in [4.78, 5) is 24.5. The quantitative estimate of drug-likeness (QED) is 0.701. The number of sulfonamides is 1. The first kappa shape index (κ1) is 20.0. The van der Waals surface area contributed by atoms with Crippen molar-refractivity contribution >= 4 is 27.6 Å². The third kappa shape index (κ3) is 5.60. The number of anilines is 1. The Hall–Kier alpha value is -2.33. The number of ether oxygens (including phenoxy) is 2. The summed E-state index contributed by atoms with van der Waals surface area (Å²) in [6.45, 7) is 3.79. The van der Waals surface area contributed by atoms with Crippen LogP contribution < -0.4 is 9.46 Å². The zero-order valence-corrected chi connectivity index (χ0v) is 15.4. The number of morpholine rings is 1. The van der Waals surface area contributed by atoms with E-state index in [0.29, 0.717) is 5.75 Å². The summed E-state index contributed by atoms with van der Waals surface area (Å²) in [5, 5.41) is 9.13. The fourth-order valence-corrected chi connectivity index (χ4v) is 3.50. The molecule has 1 aliphatic rings. The van der Waals surface area contributed by atoms with Gasteiger partial charge >= 0.3 is 5.97 Å². The second-order valence-corrected chi connectivity index (χ2v) is 7.79. The van der Waals surface area contributed by atoms with E-state index in [1.807, 2.05) is 13.8 Å². The Kier molecular flexibility index (Phi) is 6.43. The highest BCUT2D eigenvalue weighted by Crippen LogP contribution is 2.18. The summed E-state index contributed by atoms with van der Waals surface area (Å²) in [7, 11) is -3.98. The van der Waals surface area contributed by atoms with Gasteiger partial charge in [-0.15, -0.1) is 0 Å². The molecular formula is C16H22N2O7S. The summed E-state index contributed by atoms with van der Waals surface area (Å²) in [5.41, 5.74) is 0.283. The number of carbonyl (C=O) groups is 2. The van der Waals surface area contributed by atoms with Gasteiger partial charge in [0.25, 0.3) is 0 Å². The van der Waals surface area contributed by atoms with Crippen LogP contribution in [0.1, 0.15) is 13.8 Å². The van der Waals surface area contributed by atoms with Crippen LogP contribution in [0.15, 0.2) is 24.3 Å². The van der Waals surface area contributed by atoms with Crippen molar-refractivity contribution in [3.63, 3.8) is 0 Å². The van der Waals surface area contributed by atoms with Crippen molar-refractivity contribution < 1.29 is 32.6 Å². The van der Waals surface area contributed by atoms with E-state index in [9.17, 15) is 18.0 Å². The minimum absolute atomic E-state index is 0.00846. The molecule has 10 heteroatoms. The first-order valence-electron chi connectivity index (χ1n) is 8.05. The molecule has 1 aromatic carbocycles. The molecule has 1 amide bonds. The zero-order chi connectivity index (χ0) is 19.3.